The largest absolute Gasteiger partial charge is 0.462 e. The fourth-order valence-corrected chi connectivity index (χ4v) is 3.39. The highest BCUT2D eigenvalue weighted by Gasteiger charge is 2.36. The summed E-state index contributed by atoms with van der Waals surface area (Å²) in [5.74, 6) is -0.143. The molecule has 3 nitrogen and oxygen atoms in total. The predicted molar refractivity (Wildman–Crippen MR) is 83.7 cm³/mol. The van der Waals surface area contributed by atoms with E-state index in [0.717, 1.165) is 38.0 Å². The Hall–Kier alpha value is -1.68. The van der Waals surface area contributed by atoms with Crippen molar-refractivity contribution in [3.05, 3.63) is 41.7 Å². The normalized spacial score (nSPS) is 27.2. The van der Waals surface area contributed by atoms with Crippen LogP contribution in [-0.2, 0) is 9.53 Å². The van der Waals surface area contributed by atoms with Gasteiger partial charge in [0, 0.05) is 32.0 Å². The summed E-state index contributed by atoms with van der Waals surface area (Å²) in [7, 11) is 0. The maximum absolute atomic E-state index is 13.1. The zero-order valence-electron chi connectivity index (χ0n) is 12.9. The number of esters is 1. The van der Waals surface area contributed by atoms with Crippen LogP contribution in [-0.4, -0.2) is 36.6 Å². The van der Waals surface area contributed by atoms with Gasteiger partial charge in [-0.05, 0) is 36.1 Å². The maximum Gasteiger partial charge on any atom is 0.306 e. The van der Waals surface area contributed by atoms with Crippen LogP contribution < -0.4 is 0 Å². The first-order chi connectivity index (χ1) is 10.7. The molecule has 0 aromatic heterocycles. The van der Waals surface area contributed by atoms with Crippen molar-refractivity contribution in [1.29, 1.82) is 0 Å². The Morgan fingerprint density at radius 1 is 1.36 bits per heavy atom. The van der Waals surface area contributed by atoms with E-state index in [2.05, 4.69) is 11.0 Å². The Kier molecular flexibility index (Phi) is 4.57. The Morgan fingerprint density at radius 2 is 2.14 bits per heavy atom. The number of fused-ring (bicyclic) bond motifs is 2. The summed E-state index contributed by atoms with van der Waals surface area (Å²) in [5.41, 5.74) is 2.22. The smallest absolute Gasteiger partial charge is 0.306 e. The lowest BCUT2D eigenvalue weighted by Crippen LogP contribution is -2.47. The highest BCUT2D eigenvalue weighted by atomic mass is 19.1. The summed E-state index contributed by atoms with van der Waals surface area (Å²) >= 11 is 0. The number of benzene rings is 1. The molecule has 1 fully saturated rings. The van der Waals surface area contributed by atoms with E-state index in [9.17, 15) is 9.18 Å². The third-order valence-electron chi connectivity index (χ3n) is 4.52. The van der Waals surface area contributed by atoms with Crippen LogP contribution in [0, 0.1) is 11.7 Å². The molecule has 0 radical (unpaired) electrons. The molecule has 0 spiro atoms. The molecule has 0 aliphatic carbocycles. The molecule has 2 aliphatic heterocycles. The first-order valence-electron chi connectivity index (χ1n) is 8.05. The van der Waals surface area contributed by atoms with E-state index in [-0.39, 0.29) is 23.8 Å². The molecule has 118 valence electrons. The van der Waals surface area contributed by atoms with Gasteiger partial charge in [-0.2, -0.15) is 0 Å². The van der Waals surface area contributed by atoms with Crippen LogP contribution in [0.5, 0.6) is 0 Å². The molecule has 0 saturated carbocycles. The molecule has 2 bridgehead atoms. The Balaban J connectivity index is 1.81. The highest BCUT2D eigenvalue weighted by molar-refractivity contribution is 5.72. The van der Waals surface area contributed by atoms with Gasteiger partial charge in [0.1, 0.15) is 11.9 Å². The molecule has 1 saturated heterocycles. The van der Waals surface area contributed by atoms with E-state index in [1.54, 1.807) is 0 Å². The minimum Gasteiger partial charge on any atom is -0.462 e. The average molecular weight is 303 g/mol. The summed E-state index contributed by atoms with van der Waals surface area (Å²) in [4.78, 5) is 14.2. The lowest BCUT2D eigenvalue weighted by atomic mass is 9.81. The number of hydrogen-bond donors (Lipinski definition) is 0. The highest BCUT2D eigenvalue weighted by Crippen LogP contribution is 2.36. The molecule has 2 aliphatic rings. The zero-order chi connectivity index (χ0) is 15.5. The molecule has 0 N–H and O–H groups in total. The van der Waals surface area contributed by atoms with E-state index in [0.29, 0.717) is 6.42 Å². The topological polar surface area (TPSA) is 29.5 Å². The zero-order valence-corrected chi connectivity index (χ0v) is 12.9. The van der Waals surface area contributed by atoms with E-state index in [1.807, 2.05) is 19.1 Å². The molecule has 1 aromatic rings. The van der Waals surface area contributed by atoms with Crippen molar-refractivity contribution in [3.8, 4) is 0 Å². The number of nitrogens with zero attached hydrogens (tertiary/aromatic N) is 1. The molecule has 4 heteroatoms. The molecule has 3 atom stereocenters. The number of carbonyl (C=O) groups is 1. The standard InChI is InChI=1S/C18H22FNO2/c1-2-3-18(21)22-17-9-11-20-10-8-15(16(17)12-20)13-4-6-14(19)7-5-13/h4-8,16-17H,2-3,9-12H2,1H3/t16-,17+/m0/s1. The average Bonchev–Trinajstić information content (AvgIpc) is 2.52. The second-order valence-electron chi connectivity index (χ2n) is 6.10. The van der Waals surface area contributed by atoms with Gasteiger partial charge in [0.15, 0.2) is 0 Å². The molecule has 22 heavy (non-hydrogen) atoms. The SMILES string of the molecule is CCCC(=O)O[C@@H]1CCN2CC=C(c3ccc(F)cc3)[C@@H]1C2. The second-order valence-corrected chi connectivity index (χ2v) is 6.10. The predicted octanol–water partition coefficient (Wildman–Crippen LogP) is 3.26. The number of piperidine rings is 1. The summed E-state index contributed by atoms with van der Waals surface area (Å²) in [6.45, 7) is 4.77. The molecule has 1 unspecified atom stereocenters. The van der Waals surface area contributed by atoms with Crippen LogP contribution in [0.1, 0.15) is 31.7 Å². The van der Waals surface area contributed by atoms with Crippen LogP contribution in [0.25, 0.3) is 5.57 Å². The van der Waals surface area contributed by atoms with Gasteiger partial charge in [-0.1, -0.05) is 25.1 Å². The lowest BCUT2D eigenvalue weighted by molar-refractivity contribution is -0.153. The van der Waals surface area contributed by atoms with Gasteiger partial charge in [0.2, 0.25) is 0 Å². The number of carbonyl (C=O) groups excluding carboxylic acids is 1. The molecule has 3 rings (SSSR count). The fraction of sp³-hybridized carbons (Fsp3) is 0.500. The molecule has 0 amide bonds. The maximum atomic E-state index is 13.1. The van der Waals surface area contributed by atoms with Gasteiger partial charge in [0.25, 0.3) is 0 Å². The Morgan fingerprint density at radius 3 is 2.86 bits per heavy atom. The summed E-state index contributed by atoms with van der Waals surface area (Å²) < 4.78 is 18.9. The Bertz CT molecular complexity index is 567. The minimum atomic E-state index is -0.226. The summed E-state index contributed by atoms with van der Waals surface area (Å²) in [6.07, 6.45) is 4.29. The number of halogens is 1. The van der Waals surface area contributed by atoms with Crippen molar-refractivity contribution in [3.63, 3.8) is 0 Å². The van der Waals surface area contributed by atoms with Gasteiger partial charge in [-0.3, -0.25) is 9.69 Å². The van der Waals surface area contributed by atoms with Crippen LogP contribution in [0.3, 0.4) is 0 Å². The van der Waals surface area contributed by atoms with Crippen molar-refractivity contribution in [2.75, 3.05) is 19.6 Å². The van der Waals surface area contributed by atoms with Gasteiger partial charge in [0.05, 0.1) is 0 Å². The van der Waals surface area contributed by atoms with Gasteiger partial charge >= 0.3 is 5.97 Å². The molecular weight excluding hydrogens is 281 g/mol. The van der Waals surface area contributed by atoms with Crippen LogP contribution in [0.15, 0.2) is 30.3 Å². The lowest BCUT2D eigenvalue weighted by Gasteiger charge is -2.42. The van der Waals surface area contributed by atoms with Crippen molar-refractivity contribution in [1.82, 2.24) is 4.90 Å². The van der Waals surface area contributed by atoms with E-state index in [1.165, 1.54) is 17.7 Å². The number of hydrogen-bond acceptors (Lipinski definition) is 3. The van der Waals surface area contributed by atoms with Crippen LogP contribution >= 0.6 is 0 Å². The third-order valence-corrected chi connectivity index (χ3v) is 4.52. The van der Waals surface area contributed by atoms with E-state index >= 15 is 0 Å². The molecule has 2 heterocycles. The van der Waals surface area contributed by atoms with Crippen molar-refractivity contribution in [2.24, 2.45) is 5.92 Å². The van der Waals surface area contributed by atoms with Gasteiger partial charge in [-0.15, -0.1) is 0 Å². The number of rotatable bonds is 4. The Labute approximate surface area is 130 Å². The van der Waals surface area contributed by atoms with Gasteiger partial charge < -0.3 is 4.74 Å². The summed E-state index contributed by atoms with van der Waals surface area (Å²) in [5, 5.41) is 0. The molecular formula is C18H22FNO2. The summed E-state index contributed by atoms with van der Waals surface area (Å²) in [6, 6.07) is 6.61. The minimum absolute atomic E-state index is 0.0631. The van der Waals surface area contributed by atoms with Crippen molar-refractivity contribution >= 4 is 11.5 Å². The monoisotopic (exact) mass is 303 g/mol. The van der Waals surface area contributed by atoms with Crippen LogP contribution in [0.2, 0.25) is 0 Å². The molecule has 1 aromatic carbocycles. The third kappa shape index (κ3) is 3.22. The van der Waals surface area contributed by atoms with E-state index < -0.39 is 0 Å². The first kappa shape index (κ1) is 15.2. The van der Waals surface area contributed by atoms with Crippen molar-refractivity contribution in [2.45, 2.75) is 32.3 Å². The van der Waals surface area contributed by atoms with Gasteiger partial charge in [-0.25, -0.2) is 4.39 Å². The van der Waals surface area contributed by atoms with Crippen molar-refractivity contribution < 1.29 is 13.9 Å². The van der Waals surface area contributed by atoms with E-state index in [4.69, 9.17) is 4.74 Å². The van der Waals surface area contributed by atoms with Crippen LogP contribution in [0.4, 0.5) is 4.39 Å². The quantitative estimate of drug-likeness (QED) is 0.800. The number of ether oxygens (including phenoxy) is 1. The fourth-order valence-electron chi connectivity index (χ4n) is 3.39. The second kappa shape index (κ2) is 6.61. The first-order valence-corrected chi connectivity index (χ1v) is 8.05.